The molecule has 1 N–H and O–H groups in total. The number of piperazine rings is 1. The number of nitrogens with zero attached hydrogens (tertiary/aromatic N) is 1. The van der Waals surface area contributed by atoms with E-state index in [-0.39, 0.29) is 24.5 Å². The smallest absolute Gasteiger partial charge is 0.245 e. The van der Waals surface area contributed by atoms with Gasteiger partial charge in [0.15, 0.2) is 0 Å². The molecule has 2 saturated heterocycles. The predicted molar refractivity (Wildman–Crippen MR) is 60.9 cm³/mol. The van der Waals surface area contributed by atoms with Crippen LogP contribution in [0.3, 0.4) is 0 Å². The Morgan fingerprint density at radius 2 is 2.35 bits per heavy atom. The molecular formula is C12H16N2O3. The average Bonchev–Trinajstić information content (AvgIpc) is 2.33. The Balaban J connectivity index is 2.02. The van der Waals surface area contributed by atoms with E-state index < -0.39 is 12.1 Å². The summed E-state index contributed by atoms with van der Waals surface area (Å²) in [5.41, 5.74) is 0. The second-order valence-corrected chi connectivity index (χ2v) is 4.44. The molecule has 17 heavy (non-hydrogen) atoms. The maximum atomic E-state index is 11.9. The number of fused-ring (bicyclic) bond motifs is 1. The zero-order valence-corrected chi connectivity index (χ0v) is 9.81. The van der Waals surface area contributed by atoms with E-state index in [0.717, 1.165) is 6.42 Å². The van der Waals surface area contributed by atoms with Crippen LogP contribution in [0, 0.1) is 12.3 Å². The molecule has 0 aromatic carbocycles. The van der Waals surface area contributed by atoms with Crippen molar-refractivity contribution in [2.75, 3.05) is 13.2 Å². The van der Waals surface area contributed by atoms with Gasteiger partial charge in [-0.1, -0.05) is 5.92 Å². The zero-order chi connectivity index (χ0) is 12.4. The van der Waals surface area contributed by atoms with E-state index in [2.05, 4.69) is 11.2 Å². The topological polar surface area (TPSA) is 58.6 Å². The zero-order valence-electron chi connectivity index (χ0n) is 9.81. The summed E-state index contributed by atoms with van der Waals surface area (Å²) >= 11 is 0. The van der Waals surface area contributed by atoms with Gasteiger partial charge in [0, 0.05) is 13.0 Å². The largest absolute Gasteiger partial charge is 0.365 e. The first kappa shape index (κ1) is 11.9. The molecule has 0 radical (unpaired) electrons. The number of rotatable bonds is 2. The van der Waals surface area contributed by atoms with Crippen LogP contribution in [0.25, 0.3) is 0 Å². The quantitative estimate of drug-likeness (QED) is 0.658. The second-order valence-electron chi connectivity index (χ2n) is 4.44. The lowest BCUT2D eigenvalue weighted by Gasteiger charge is -2.43. The molecule has 2 aliphatic rings. The molecule has 3 atom stereocenters. The molecule has 2 heterocycles. The number of carbonyl (C=O) groups is 2. The Morgan fingerprint density at radius 1 is 1.59 bits per heavy atom. The van der Waals surface area contributed by atoms with Gasteiger partial charge in [0.2, 0.25) is 11.8 Å². The summed E-state index contributed by atoms with van der Waals surface area (Å²) in [6.07, 6.45) is 6.37. The van der Waals surface area contributed by atoms with Crippen molar-refractivity contribution in [1.82, 2.24) is 10.2 Å². The van der Waals surface area contributed by atoms with Gasteiger partial charge in [-0.25, -0.2) is 0 Å². The van der Waals surface area contributed by atoms with Crippen molar-refractivity contribution in [2.45, 2.75) is 38.0 Å². The molecule has 0 spiro atoms. The number of terminal acetylenes is 1. The number of amides is 2. The van der Waals surface area contributed by atoms with Crippen molar-refractivity contribution >= 4 is 11.8 Å². The molecular weight excluding hydrogens is 220 g/mol. The number of carbonyl (C=O) groups excluding carboxylic acids is 2. The van der Waals surface area contributed by atoms with Gasteiger partial charge in [0.25, 0.3) is 0 Å². The fourth-order valence-corrected chi connectivity index (χ4v) is 2.38. The third kappa shape index (κ3) is 2.27. The first-order valence-corrected chi connectivity index (χ1v) is 5.79. The van der Waals surface area contributed by atoms with Crippen molar-refractivity contribution in [1.29, 1.82) is 0 Å². The summed E-state index contributed by atoms with van der Waals surface area (Å²) in [6.45, 7) is 2.53. The molecule has 5 heteroatoms. The third-order valence-electron chi connectivity index (χ3n) is 3.27. The van der Waals surface area contributed by atoms with E-state index in [4.69, 9.17) is 11.2 Å². The summed E-state index contributed by atoms with van der Waals surface area (Å²) in [5, 5.41) is 2.68. The SMILES string of the molecule is C#CCOC1CCN2C(=O)C(C)NC(=O)C2C1. The second kappa shape index (κ2) is 4.76. The number of hydrogen-bond donors (Lipinski definition) is 1. The lowest BCUT2D eigenvalue weighted by atomic mass is 9.95. The highest BCUT2D eigenvalue weighted by Crippen LogP contribution is 2.23. The van der Waals surface area contributed by atoms with Crippen LogP contribution in [-0.2, 0) is 14.3 Å². The van der Waals surface area contributed by atoms with Gasteiger partial charge in [-0.05, 0) is 13.3 Å². The Hall–Kier alpha value is -1.54. The maximum absolute atomic E-state index is 11.9. The molecule has 0 aliphatic carbocycles. The van der Waals surface area contributed by atoms with Crippen LogP contribution in [0.4, 0.5) is 0 Å². The molecule has 0 aromatic heterocycles. The number of piperidine rings is 1. The summed E-state index contributed by atoms with van der Waals surface area (Å²) in [7, 11) is 0. The lowest BCUT2D eigenvalue weighted by molar-refractivity contribution is -0.153. The minimum atomic E-state index is -0.415. The molecule has 92 valence electrons. The van der Waals surface area contributed by atoms with Crippen molar-refractivity contribution in [3.05, 3.63) is 0 Å². The number of ether oxygens (including phenoxy) is 1. The van der Waals surface area contributed by atoms with E-state index in [0.29, 0.717) is 13.0 Å². The monoisotopic (exact) mass is 236 g/mol. The van der Waals surface area contributed by atoms with Crippen molar-refractivity contribution < 1.29 is 14.3 Å². The minimum Gasteiger partial charge on any atom is -0.365 e. The lowest BCUT2D eigenvalue weighted by Crippen LogP contribution is -2.65. The van der Waals surface area contributed by atoms with Gasteiger partial charge in [-0.3, -0.25) is 9.59 Å². The highest BCUT2D eigenvalue weighted by atomic mass is 16.5. The number of nitrogens with one attached hydrogen (secondary N) is 1. The molecule has 2 fully saturated rings. The van der Waals surface area contributed by atoms with Gasteiger partial charge >= 0.3 is 0 Å². The van der Waals surface area contributed by atoms with Gasteiger partial charge in [0.05, 0.1) is 6.10 Å². The van der Waals surface area contributed by atoms with Crippen LogP contribution in [0.2, 0.25) is 0 Å². The van der Waals surface area contributed by atoms with Crippen LogP contribution < -0.4 is 5.32 Å². The van der Waals surface area contributed by atoms with E-state index in [1.54, 1.807) is 11.8 Å². The fourth-order valence-electron chi connectivity index (χ4n) is 2.38. The molecule has 0 bridgehead atoms. The fraction of sp³-hybridized carbons (Fsp3) is 0.667. The minimum absolute atomic E-state index is 0.00926. The summed E-state index contributed by atoms with van der Waals surface area (Å²) in [6, 6.07) is -0.808. The van der Waals surface area contributed by atoms with Crippen LogP contribution in [0.5, 0.6) is 0 Å². The van der Waals surface area contributed by atoms with Gasteiger partial charge in [-0.15, -0.1) is 6.42 Å². The Morgan fingerprint density at radius 3 is 3.06 bits per heavy atom. The molecule has 2 amide bonds. The first-order chi connectivity index (χ1) is 8.13. The summed E-state index contributed by atoms with van der Waals surface area (Å²) < 4.78 is 5.44. The summed E-state index contributed by atoms with van der Waals surface area (Å²) in [4.78, 5) is 25.3. The molecule has 3 unspecified atom stereocenters. The standard InChI is InChI=1S/C12H16N2O3/c1-3-6-17-9-4-5-14-10(7-9)11(15)13-8(2)12(14)16/h1,8-10H,4-7H2,2H3,(H,13,15). The van der Waals surface area contributed by atoms with Crippen LogP contribution >= 0.6 is 0 Å². The van der Waals surface area contributed by atoms with Gasteiger partial charge in [0.1, 0.15) is 18.7 Å². The third-order valence-corrected chi connectivity index (χ3v) is 3.27. The van der Waals surface area contributed by atoms with Crippen molar-refractivity contribution in [3.63, 3.8) is 0 Å². The van der Waals surface area contributed by atoms with Crippen LogP contribution in [0.15, 0.2) is 0 Å². The molecule has 5 nitrogen and oxygen atoms in total. The molecule has 2 aliphatic heterocycles. The summed E-state index contributed by atoms with van der Waals surface area (Å²) in [5.74, 6) is 2.31. The first-order valence-electron chi connectivity index (χ1n) is 5.79. The van der Waals surface area contributed by atoms with E-state index in [9.17, 15) is 9.59 Å². The van der Waals surface area contributed by atoms with Crippen LogP contribution in [-0.4, -0.2) is 48.1 Å². The highest BCUT2D eigenvalue weighted by Gasteiger charge is 2.42. The Labute approximate surface area is 100 Å². The van der Waals surface area contributed by atoms with E-state index in [1.165, 1.54) is 0 Å². The highest BCUT2D eigenvalue weighted by molar-refractivity contribution is 5.96. The predicted octanol–water partition coefficient (Wildman–Crippen LogP) is -0.486. The Kier molecular flexibility index (Phi) is 3.34. The van der Waals surface area contributed by atoms with Gasteiger partial charge in [-0.2, -0.15) is 0 Å². The van der Waals surface area contributed by atoms with Gasteiger partial charge < -0.3 is 15.0 Å². The van der Waals surface area contributed by atoms with Crippen molar-refractivity contribution in [2.24, 2.45) is 0 Å². The maximum Gasteiger partial charge on any atom is 0.245 e. The average molecular weight is 236 g/mol. The van der Waals surface area contributed by atoms with E-state index in [1.807, 2.05) is 0 Å². The Bertz CT molecular complexity index is 374. The normalized spacial score (nSPS) is 32.7. The molecule has 2 rings (SSSR count). The molecule has 0 aromatic rings. The van der Waals surface area contributed by atoms with Crippen molar-refractivity contribution in [3.8, 4) is 12.3 Å². The number of hydrogen-bond acceptors (Lipinski definition) is 3. The van der Waals surface area contributed by atoms with Crippen LogP contribution in [0.1, 0.15) is 19.8 Å². The van der Waals surface area contributed by atoms with E-state index >= 15 is 0 Å². The molecule has 0 saturated carbocycles.